The van der Waals surface area contributed by atoms with Crippen molar-refractivity contribution in [1.82, 2.24) is 4.90 Å². The Kier molecular flexibility index (Phi) is 6.32. The predicted octanol–water partition coefficient (Wildman–Crippen LogP) is 2.83. The van der Waals surface area contributed by atoms with Crippen LogP contribution in [0.3, 0.4) is 0 Å². The molecule has 2 heterocycles. The number of nitrogens with one attached hydrogen (secondary N) is 1. The van der Waals surface area contributed by atoms with E-state index in [0.29, 0.717) is 22.9 Å². The van der Waals surface area contributed by atoms with Crippen LogP contribution in [-0.2, 0) is 9.59 Å². The van der Waals surface area contributed by atoms with Crippen LogP contribution in [0.25, 0.3) is 0 Å². The highest BCUT2D eigenvalue weighted by atomic mass is 35.5. The topological polar surface area (TPSA) is 111 Å². The van der Waals surface area contributed by atoms with Crippen molar-refractivity contribution in [3.05, 3.63) is 64.9 Å². The van der Waals surface area contributed by atoms with Crippen molar-refractivity contribution in [1.29, 1.82) is 0 Å². The molecule has 4 rings (SSSR count). The van der Waals surface area contributed by atoms with E-state index in [1.807, 2.05) is 12.1 Å². The largest absolute Gasteiger partial charge is 0.364 e. The number of carbonyl (C=O) groups is 3. The van der Waals surface area contributed by atoms with Gasteiger partial charge in [-0.05, 0) is 55.0 Å². The zero-order chi connectivity index (χ0) is 23.5. The molecular formula is C23H23ClN6O3. The maximum atomic E-state index is 12.9. The number of amides is 4. The Morgan fingerprint density at radius 1 is 1.00 bits per heavy atom. The minimum atomic E-state index is -0.773. The third kappa shape index (κ3) is 4.68. The smallest absolute Gasteiger partial charge is 0.324 e. The summed E-state index contributed by atoms with van der Waals surface area (Å²) < 4.78 is 0. The maximum Gasteiger partial charge on any atom is 0.324 e. The third-order valence-electron chi connectivity index (χ3n) is 5.44. The van der Waals surface area contributed by atoms with Gasteiger partial charge in [0.2, 0.25) is 0 Å². The zero-order valence-corrected chi connectivity index (χ0v) is 18.7. The van der Waals surface area contributed by atoms with E-state index in [0.717, 1.165) is 18.7 Å². The summed E-state index contributed by atoms with van der Waals surface area (Å²) in [5.74, 6) is -1.34. The number of halogens is 1. The standard InChI is InChI=1S/C23H23ClN6O3/c1-28-12-2-13-30(23(28)33)18-9-7-17(8-10-18)29-14-11-26-19(20(29)21(25)31)22(32)27-16-5-3-15(24)4-6-16/h3-11H,2,12-14H2,1H3,(H2,25,31)(H,27,32). The molecule has 0 radical (unpaired) electrons. The number of benzene rings is 2. The van der Waals surface area contributed by atoms with Crippen LogP contribution in [0.5, 0.6) is 0 Å². The van der Waals surface area contributed by atoms with Gasteiger partial charge in [-0.25, -0.2) is 4.79 Å². The first-order valence-electron chi connectivity index (χ1n) is 10.4. The van der Waals surface area contributed by atoms with Gasteiger partial charge in [0, 0.05) is 48.4 Å². The number of nitrogens with two attached hydrogens (primary N) is 1. The zero-order valence-electron chi connectivity index (χ0n) is 18.0. The van der Waals surface area contributed by atoms with Crippen LogP contribution in [-0.4, -0.2) is 55.6 Å². The van der Waals surface area contributed by atoms with E-state index in [4.69, 9.17) is 17.3 Å². The quantitative estimate of drug-likeness (QED) is 0.705. The number of carbonyl (C=O) groups excluding carboxylic acids is 3. The molecule has 1 fully saturated rings. The number of anilines is 3. The molecule has 9 nitrogen and oxygen atoms in total. The molecule has 2 aromatic rings. The molecule has 0 aromatic heterocycles. The van der Waals surface area contributed by atoms with E-state index in [9.17, 15) is 14.4 Å². The van der Waals surface area contributed by atoms with Crippen molar-refractivity contribution in [3.8, 4) is 0 Å². The molecule has 0 aliphatic carbocycles. The summed E-state index contributed by atoms with van der Waals surface area (Å²) in [5, 5.41) is 3.24. The number of primary amides is 1. The minimum Gasteiger partial charge on any atom is -0.364 e. The van der Waals surface area contributed by atoms with Gasteiger partial charge in [0.25, 0.3) is 11.8 Å². The summed E-state index contributed by atoms with van der Waals surface area (Å²) in [6, 6.07) is 13.7. The second-order valence-electron chi connectivity index (χ2n) is 7.67. The Hall–Kier alpha value is -3.85. The Morgan fingerprint density at radius 2 is 1.64 bits per heavy atom. The monoisotopic (exact) mass is 466 g/mol. The molecule has 1 saturated heterocycles. The second kappa shape index (κ2) is 9.33. The number of hydrogen-bond acceptors (Lipinski definition) is 5. The minimum absolute atomic E-state index is 0.00880. The number of hydrogen-bond donors (Lipinski definition) is 2. The lowest BCUT2D eigenvalue weighted by Gasteiger charge is -2.34. The van der Waals surface area contributed by atoms with Crippen LogP contribution in [0, 0.1) is 0 Å². The molecule has 0 atom stereocenters. The maximum absolute atomic E-state index is 12.9. The van der Waals surface area contributed by atoms with Gasteiger partial charge in [-0.3, -0.25) is 19.5 Å². The molecule has 2 aromatic carbocycles. The molecule has 170 valence electrons. The van der Waals surface area contributed by atoms with E-state index in [-0.39, 0.29) is 24.0 Å². The molecule has 0 bridgehead atoms. The molecule has 3 N–H and O–H groups in total. The van der Waals surface area contributed by atoms with Gasteiger partial charge in [0.15, 0.2) is 5.70 Å². The molecule has 2 aliphatic rings. The number of rotatable bonds is 5. The first-order chi connectivity index (χ1) is 15.8. The highest BCUT2D eigenvalue weighted by molar-refractivity contribution is 6.30. The Balaban J connectivity index is 1.60. The molecule has 10 heteroatoms. The van der Waals surface area contributed by atoms with E-state index in [2.05, 4.69) is 10.3 Å². The first-order valence-corrected chi connectivity index (χ1v) is 10.8. The van der Waals surface area contributed by atoms with Gasteiger partial charge >= 0.3 is 6.03 Å². The Morgan fingerprint density at radius 3 is 2.27 bits per heavy atom. The lowest BCUT2D eigenvalue weighted by molar-refractivity contribution is -0.116. The van der Waals surface area contributed by atoms with Crippen molar-refractivity contribution in [3.63, 3.8) is 0 Å². The van der Waals surface area contributed by atoms with Gasteiger partial charge in [-0.2, -0.15) is 0 Å². The van der Waals surface area contributed by atoms with Crippen molar-refractivity contribution in [2.24, 2.45) is 10.7 Å². The summed E-state index contributed by atoms with van der Waals surface area (Å²) >= 11 is 5.89. The van der Waals surface area contributed by atoms with Gasteiger partial charge in [0.1, 0.15) is 5.70 Å². The van der Waals surface area contributed by atoms with Crippen LogP contribution in [0.15, 0.2) is 64.9 Å². The SMILES string of the molecule is CN1CCCN(c2ccc(N3CC=NC(C(=O)Nc4ccc(Cl)cc4)=C3C(N)=O)cc2)C1=O. The van der Waals surface area contributed by atoms with Crippen molar-refractivity contribution < 1.29 is 14.4 Å². The van der Waals surface area contributed by atoms with Crippen molar-refractivity contribution >= 4 is 52.7 Å². The normalized spacial score (nSPS) is 16.3. The van der Waals surface area contributed by atoms with Gasteiger partial charge in [-0.15, -0.1) is 0 Å². The van der Waals surface area contributed by atoms with Crippen LogP contribution < -0.4 is 20.9 Å². The Bertz CT molecular complexity index is 1140. The number of nitrogens with zero attached hydrogens (tertiary/aromatic N) is 4. The van der Waals surface area contributed by atoms with E-state index >= 15 is 0 Å². The average Bonchev–Trinajstić information content (AvgIpc) is 2.82. The first kappa shape index (κ1) is 22.3. The fraction of sp³-hybridized carbons (Fsp3) is 0.217. The number of aliphatic imine (C=N–C) groups is 1. The van der Waals surface area contributed by atoms with E-state index in [1.165, 1.54) is 0 Å². The summed E-state index contributed by atoms with van der Waals surface area (Å²) in [5.41, 5.74) is 7.47. The van der Waals surface area contributed by atoms with Gasteiger partial charge < -0.3 is 20.9 Å². The Labute approximate surface area is 196 Å². The van der Waals surface area contributed by atoms with Gasteiger partial charge in [0.05, 0.1) is 6.54 Å². The molecular weight excluding hydrogens is 444 g/mol. The summed E-state index contributed by atoms with van der Waals surface area (Å²) in [7, 11) is 1.77. The molecule has 0 saturated carbocycles. The molecule has 0 spiro atoms. The van der Waals surface area contributed by atoms with E-state index in [1.54, 1.807) is 64.4 Å². The second-order valence-corrected chi connectivity index (χ2v) is 8.11. The summed E-state index contributed by atoms with van der Waals surface area (Å²) in [4.78, 5) is 46.8. The fourth-order valence-corrected chi connectivity index (χ4v) is 3.91. The van der Waals surface area contributed by atoms with E-state index < -0.39 is 11.8 Å². The van der Waals surface area contributed by atoms with Crippen LogP contribution in [0.1, 0.15) is 6.42 Å². The number of urea groups is 1. The van der Waals surface area contributed by atoms with Crippen LogP contribution >= 0.6 is 11.6 Å². The van der Waals surface area contributed by atoms with Crippen LogP contribution in [0.4, 0.5) is 21.9 Å². The lowest BCUT2D eigenvalue weighted by atomic mass is 10.1. The van der Waals surface area contributed by atoms with Gasteiger partial charge in [-0.1, -0.05) is 11.6 Å². The predicted molar refractivity (Wildman–Crippen MR) is 129 cm³/mol. The molecule has 4 amide bonds. The third-order valence-corrected chi connectivity index (χ3v) is 5.69. The van der Waals surface area contributed by atoms with Crippen molar-refractivity contribution in [2.45, 2.75) is 6.42 Å². The molecule has 33 heavy (non-hydrogen) atoms. The molecule has 0 unspecified atom stereocenters. The molecule has 2 aliphatic heterocycles. The highest BCUT2D eigenvalue weighted by Gasteiger charge is 2.29. The summed E-state index contributed by atoms with van der Waals surface area (Å²) in [6.45, 7) is 1.63. The van der Waals surface area contributed by atoms with Crippen LogP contribution in [0.2, 0.25) is 5.02 Å². The summed E-state index contributed by atoms with van der Waals surface area (Å²) in [6.07, 6.45) is 2.42. The lowest BCUT2D eigenvalue weighted by Crippen LogP contribution is -2.47. The van der Waals surface area contributed by atoms with Crippen molar-refractivity contribution in [2.75, 3.05) is 41.8 Å². The highest BCUT2D eigenvalue weighted by Crippen LogP contribution is 2.28. The average molecular weight is 467 g/mol. The fourth-order valence-electron chi connectivity index (χ4n) is 3.78.